The van der Waals surface area contributed by atoms with Gasteiger partial charge in [0.25, 0.3) is 11.8 Å². The van der Waals surface area contributed by atoms with Crippen molar-refractivity contribution in [2.45, 2.75) is 18.9 Å². The van der Waals surface area contributed by atoms with E-state index in [-0.39, 0.29) is 23.6 Å². The SMILES string of the molecule is COc1ccc(C(=O)NC2CCN(C(=O)c3cccc(O)c3)CC2)cc1OC. The van der Waals surface area contributed by atoms with E-state index in [1.54, 1.807) is 42.3 Å². The summed E-state index contributed by atoms with van der Waals surface area (Å²) < 4.78 is 10.4. The first kappa shape index (κ1) is 19.5. The molecule has 0 unspecified atom stereocenters. The van der Waals surface area contributed by atoms with Crippen molar-refractivity contribution in [3.8, 4) is 17.2 Å². The second-order valence-corrected chi connectivity index (χ2v) is 6.66. The zero-order valence-corrected chi connectivity index (χ0v) is 16.0. The van der Waals surface area contributed by atoms with Crippen molar-refractivity contribution >= 4 is 11.8 Å². The fraction of sp³-hybridized carbons (Fsp3) is 0.333. The quantitative estimate of drug-likeness (QED) is 0.827. The van der Waals surface area contributed by atoms with Gasteiger partial charge in [-0.25, -0.2) is 0 Å². The molecule has 0 aliphatic carbocycles. The van der Waals surface area contributed by atoms with Gasteiger partial charge in [-0.05, 0) is 49.2 Å². The summed E-state index contributed by atoms with van der Waals surface area (Å²) in [4.78, 5) is 26.8. The maximum Gasteiger partial charge on any atom is 0.253 e. The number of methoxy groups -OCH3 is 2. The molecule has 1 fully saturated rings. The van der Waals surface area contributed by atoms with Crippen LogP contribution in [0.2, 0.25) is 0 Å². The molecular weight excluding hydrogens is 360 g/mol. The number of amides is 2. The second kappa shape index (κ2) is 8.65. The molecule has 2 N–H and O–H groups in total. The van der Waals surface area contributed by atoms with Crippen LogP contribution in [0.1, 0.15) is 33.6 Å². The van der Waals surface area contributed by atoms with E-state index in [4.69, 9.17) is 9.47 Å². The zero-order valence-electron chi connectivity index (χ0n) is 16.0. The number of piperidine rings is 1. The molecule has 28 heavy (non-hydrogen) atoms. The van der Waals surface area contributed by atoms with Crippen LogP contribution in [0.15, 0.2) is 42.5 Å². The van der Waals surface area contributed by atoms with E-state index in [1.165, 1.54) is 19.2 Å². The highest BCUT2D eigenvalue weighted by atomic mass is 16.5. The minimum Gasteiger partial charge on any atom is -0.508 e. The maximum absolute atomic E-state index is 12.5. The molecule has 0 aromatic heterocycles. The Bertz CT molecular complexity index is 860. The predicted molar refractivity (Wildman–Crippen MR) is 104 cm³/mol. The number of nitrogens with zero attached hydrogens (tertiary/aromatic N) is 1. The summed E-state index contributed by atoms with van der Waals surface area (Å²) in [7, 11) is 3.07. The molecule has 1 saturated heterocycles. The lowest BCUT2D eigenvalue weighted by Crippen LogP contribution is -2.46. The fourth-order valence-corrected chi connectivity index (χ4v) is 3.29. The lowest BCUT2D eigenvalue weighted by Gasteiger charge is -2.32. The van der Waals surface area contributed by atoms with Gasteiger partial charge in [0.05, 0.1) is 14.2 Å². The third kappa shape index (κ3) is 4.36. The molecule has 2 aromatic rings. The number of phenols is 1. The van der Waals surface area contributed by atoms with Gasteiger partial charge < -0.3 is 24.8 Å². The van der Waals surface area contributed by atoms with E-state index in [0.717, 1.165) is 0 Å². The predicted octanol–water partition coefficient (Wildman–Crippen LogP) is 2.44. The molecule has 148 valence electrons. The molecule has 3 rings (SSSR count). The first-order valence-electron chi connectivity index (χ1n) is 9.13. The van der Waals surface area contributed by atoms with E-state index in [1.807, 2.05) is 0 Å². The number of aromatic hydroxyl groups is 1. The van der Waals surface area contributed by atoms with Gasteiger partial charge in [-0.2, -0.15) is 0 Å². The molecule has 1 aliphatic rings. The number of ether oxygens (including phenoxy) is 2. The van der Waals surface area contributed by atoms with E-state index in [9.17, 15) is 14.7 Å². The molecule has 0 saturated carbocycles. The van der Waals surface area contributed by atoms with E-state index < -0.39 is 0 Å². The Kier molecular flexibility index (Phi) is 6.03. The van der Waals surface area contributed by atoms with Gasteiger partial charge in [-0.3, -0.25) is 9.59 Å². The average Bonchev–Trinajstić information content (AvgIpc) is 2.73. The minimum absolute atomic E-state index is 0.00572. The Morgan fingerprint density at radius 2 is 1.71 bits per heavy atom. The van der Waals surface area contributed by atoms with Crippen LogP contribution in [0, 0.1) is 0 Å². The summed E-state index contributed by atoms with van der Waals surface area (Å²) in [6, 6.07) is 11.4. The molecule has 2 aromatic carbocycles. The molecule has 0 bridgehead atoms. The number of benzene rings is 2. The lowest BCUT2D eigenvalue weighted by atomic mass is 10.0. The van der Waals surface area contributed by atoms with E-state index in [0.29, 0.717) is 48.6 Å². The van der Waals surface area contributed by atoms with Crippen LogP contribution in [-0.2, 0) is 0 Å². The van der Waals surface area contributed by atoms with Crippen LogP contribution in [0.5, 0.6) is 17.2 Å². The number of carbonyl (C=O) groups is 2. The summed E-state index contributed by atoms with van der Waals surface area (Å²) in [6.07, 6.45) is 1.34. The summed E-state index contributed by atoms with van der Waals surface area (Å²) in [5.41, 5.74) is 0.962. The Morgan fingerprint density at radius 1 is 1.00 bits per heavy atom. The van der Waals surface area contributed by atoms with E-state index >= 15 is 0 Å². The first-order valence-corrected chi connectivity index (χ1v) is 9.13. The van der Waals surface area contributed by atoms with Gasteiger partial charge in [-0.15, -0.1) is 0 Å². The Balaban J connectivity index is 1.57. The highest BCUT2D eigenvalue weighted by Gasteiger charge is 2.25. The first-order chi connectivity index (χ1) is 13.5. The Labute approximate surface area is 163 Å². The van der Waals surface area contributed by atoms with Crippen LogP contribution >= 0.6 is 0 Å². The number of carbonyl (C=O) groups excluding carboxylic acids is 2. The molecule has 7 heteroatoms. The third-order valence-electron chi connectivity index (χ3n) is 4.86. The standard InChI is InChI=1S/C21H24N2O5/c1-27-18-7-6-14(13-19(18)28-2)20(25)22-16-8-10-23(11-9-16)21(26)15-4-3-5-17(24)12-15/h3-7,12-13,16,24H,8-11H2,1-2H3,(H,22,25). The highest BCUT2D eigenvalue weighted by molar-refractivity contribution is 5.95. The monoisotopic (exact) mass is 384 g/mol. The summed E-state index contributed by atoms with van der Waals surface area (Å²) >= 11 is 0. The summed E-state index contributed by atoms with van der Waals surface area (Å²) in [6.45, 7) is 1.09. The van der Waals surface area contributed by atoms with Crippen LogP contribution in [-0.4, -0.2) is 55.2 Å². The van der Waals surface area contributed by atoms with Crippen molar-refractivity contribution in [2.24, 2.45) is 0 Å². The summed E-state index contributed by atoms with van der Waals surface area (Å²) in [5, 5.41) is 12.6. The second-order valence-electron chi connectivity index (χ2n) is 6.66. The topological polar surface area (TPSA) is 88.1 Å². The minimum atomic E-state index is -0.182. The van der Waals surface area contributed by atoms with Gasteiger partial charge >= 0.3 is 0 Å². The molecule has 0 radical (unpaired) electrons. The maximum atomic E-state index is 12.5. The van der Waals surface area contributed by atoms with Crippen molar-refractivity contribution in [1.82, 2.24) is 10.2 Å². The van der Waals surface area contributed by atoms with Crippen molar-refractivity contribution in [3.63, 3.8) is 0 Å². The van der Waals surface area contributed by atoms with Gasteiger partial charge in [0.15, 0.2) is 11.5 Å². The number of hydrogen-bond acceptors (Lipinski definition) is 5. The average molecular weight is 384 g/mol. The van der Waals surface area contributed by atoms with Crippen LogP contribution in [0.3, 0.4) is 0 Å². The van der Waals surface area contributed by atoms with Crippen LogP contribution in [0.4, 0.5) is 0 Å². The summed E-state index contributed by atoms with van der Waals surface area (Å²) in [5.74, 6) is 0.849. The van der Waals surface area contributed by atoms with Crippen LogP contribution < -0.4 is 14.8 Å². The third-order valence-corrected chi connectivity index (χ3v) is 4.86. The number of hydrogen-bond donors (Lipinski definition) is 2. The highest BCUT2D eigenvalue weighted by Crippen LogP contribution is 2.27. The Hall–Kier alpha value is -3.22. The van der Waals surface area contributed by atoms with Gasteiger partial charge in [0.2, 0.25) is 0 Å². The molecule has 1 aliphatic heterocycles. The number of phenolic OH excluding ortho intramolecular Hbond substituents is 1. The van der Waals surface area contributed by atoms with E-state index in [2.05, 4.69) is 5.32 Å². The molecule has 7 nitrogen and oxygen atoms in total. The number of likely N-dealkylation sites (tertiary alicyclic amines) is 1. The largest absolute Gasteiger partial charge is 0.508 e. The zero-order chi connectivity index (χ0) is 20.1. The molecule has 1 heterocycles. The normalized spacial score (nSPS) is 14.4. The molecular formula is C21H24N2O5. The van der Waals surface area contributed by atoms with Crippen molar-refractivity contribution < 1.29 is 24.2 Å². The van der Waals surface area contributed by atoms with Crippen molar-refractivity contribution in [1.29, 1.82) is 0 Å². The smallest absolute Gasteiger partial charge is 0.253 e. The van der Waals surface area contributed by atoms with Crippen molar-refractivity contribution in [3.05, 3.63) is 53.6 Å². The van der Waals surface area contributed by atoms with Gasteiger partial charge in [0.1, 0.15) is 5.75 Å². The molecule has 0 spiro atoms. The fourth-order valence-electron chi connectivity index (χ4n) is 3.29. The van der Waals surface area contributed by atoms with Crippen LogP contribution in [0.25, 0.3) is 0 Å². The van der Waals surface area contributed by atoms with Crippen molar-refractivity contribution in [2.75, 3.05) is 27.3 Å². The number of nitrogens with one attached hydrogen (secondary N) is 1. The Morgan fingerprint density at radius 3 is 2.36 bits per heavy atom. The van der Waals surface area contributed by atoms with Gasteiger partial charge in [0, 0.05) is 30.3 Å². The van der Waals surface area contributed by atoms with Gasteiger partial charge in [-0.1, -0.05) is 6.07 Å². The number of rotatable bonds is 5. The molecule has 2 amide bonds. The lowest BCUT2D eigenvalue weighted by molar-refractivity contribution is 0.0697. The molecule has 0 atom stereocenters.